The largest absolute Gasteiger partial charge is 0.282 e. The maximum Gasteiger partial charge on any atom is 0.282 e. The van der Waals surface area contributed by atoms with Crippen LogP contribution in [0, 0.1) is 6.92 Å². The molecule has 1 saturated heterocycles. The molecule has 1 aliphatic rings. The first kappa shape index (κ1) is 18.9. The molecular weight excluding hydrogens is 352 g/mol. The number of nitrogens with zero attached hydrogens (tertiary/aromatic N) is 6. The lowest BCUT2D eigenvalue weighted by molar-refractivity contribution is 0.352. The van der Waals surface area contributed by atoms with E-state index in [1.54, 1.807) is 20.3 Å². The Bertz CT molecular complexity index is 890. The van der Waals surface area contributed by atoms with Crippen LogP contribution in [-0.4, -0.2) is 57.4 Å². The zero-order valence-corrected chi connectivity index (χ0v) is 16.7. The molecule has 0 unspecified atom stereocenters. The Labute approximate surface area is 155 Å². The third kappa shape index (κ3) is 3.38. The van der Waals surface area contributed by atoms with Gasteiger partial charge in [0.15, 0.2) is 0 Å². The third-order valence-electron chi connectivity index (χ3n) is 4.55. The molecule has 9 heteroatoms. The van der Waals surface area contributed by atoms with Crippen LogP contribution in [0.2, 0.25) is 0 Å². The maximum absolute atomic E-state index is 12.6. The van der Waals surface area contributed by atoms with Crippen LogP contribution < -0.4 is 0 Å². The molecule has 0 aromatic carbocycles. The predicted octanol–water partition coefficient (Wildman–Crippen LogP) is 2.17. The van der Waals surface area contributed by atoms with Crippen molar-refractivity contribution in [1.82, 2.24) is 28.4 Å². The molecule has 0 saturated carbocycles. The molecule has 2 aromatic heterocycles. The van der Waals surface area contributed by atoms with Gasteiger partial charge in [-0.1, -0.05) is 0 Å². The van der Waals surface area contributed by atoms with Crippen molar-refractivity contribution in [1.29, 1.82) is 0 Å². The molecule has 0 bridgehead atoms. The predicted molar refractivity (Wildman–Crippen MR) is 99.7 cm³/mol. The van der Waals surface area contributed by atoms with Gasteiger partial charge in [-0.3, -0.25) is 4.68 Å². The van der Waals surface area contributed by atoms with Crippen LogP contribution in [-0.2, 0) is 10.2 Å². The van der Waals surface area contributed by atoms with Gasteiger partial charge < -0.3 is 0 Å². The summed E-state index contributed by atoms with van der Waals surface area (Å²) in [6, 6.07) is 3.71. The second-order valence-electron chi connectivity index (χ2n) is 7.07. The number of rotatable bonds is 5. The topological polar surface area (TPSA) is 84.2 Å². The van der Waals surface area contributed by atoms with E-state index in [1.165, 1.54) is 8.61 Å². The summed E-state index contributed by atoms with van der Waals surface area (Å²) in [5.41, 5.74) is 2.50. The Morgan fingerprint density at radius 3 is 2.65 bits per heavy atom. The SMILES string of the molecule is Cc1cc(-c2ccnn2C(C)C)nc([C@H]2CCCN2S(=O)(=O)N(C)C)n1. The molecule has 0 spiro atoms. The summed E-state index contributed by atoms with van der Waals surface area (Å²) >= 11 is 0. The fourth-order valence-corrected chi connectivity index (χ4v) is 4.59. The van der Waals surface area contributed by atoms with Gasteiger partial charge >= 0.3 is 0 Å². The molecule has 26 heavy (non-hydrogen) atoms. The van der Waals surface area contributed by atoms with Gasteiger partial charge in [-0.2, -0.15) is 22.1 Å². The lowest BCUT2D eigenvalue weighted by atomic mass is 10.2. The molecule has 3 rings (SSSR count). The van der Waals surface area contributed by atoms with E-state index in [2.05, 4.69) is 23.9 Å². The molecule has 0 N–H and O–H groups in total. The Hall–Kier alpha value is -1.84. The second-order valence-corrected chi connectivity index (χ2v) is 9.16. The maximum atomic E-state index is 12.6. The first-order valence-corrected chi connectivity index (χ1v) is 10.2. The highest BCUT2D eigenvalue weighted by molar-refractivity contribution is 7.86. The van der Waals surface area contributed by atoms with Gasteiger partial charge in [-0.05, 0) is 45.7 Å². The Morgan fingerprint density at radius 2 is 2.00 bits per heavy atom. The van der Waals surface area contributed by atoms with Crippen molar-refractivity contribution in [3.05, 3.63) is 29.8 Å². The molecule has 0 radical (unpaired) electrons. The third-order valence-corrected chi connectivity index (χ3v) is 6.51. The van der Waals surface area contributed by atoms with Crippen LogP contribution in [0.4, 0.5) is 0 Å². The Kier molecular flexibility index (Phi) is 5.14. The monoisotopic (exact) mass is 378 g/mol. The minimum atomic E-state index is -3.51. The summed E-state index contributed by atoms with van der Waals surface area (Å²) in [6.45, 7) is 6.52. The number of hydrogen-bond acceptors (Lipinski definition) is 5. The van der Waals surface area contributed by atoms with Crippen LogP contribution in [0.5, 0.6) is 0 Å². The summed E-state index contributed by atoms with van der Waals surface area (Å²) in [7, 11) is -0.406. The van der Waals surface area contributed by atoms with Gasteiger partial charge in [0, 0.05) is 38.6 Å². The fourth-order valence-electron chi connectivity index (χ4n) is 3.28. The van der Waals surface area contributed by atoms with Crippen LogP contribution in [0.1, 0.15) is 50.3 Å². The lowest BCUT2D eigenvalue weighted by Crippen LogP contribution is -2.40. The lowest BCUT2D eigenvalue weighted by Gasteiger charge is -2.26. The minimum absolute atomic E-state index is 0.204. The molecule has 8 nitrogen and oxygen atoms in total. The molecule has 1 fully saturated rings. The van der Waals surface area contributed by atoms with Crippen molar-refractivity contribution in [2.24, 2.45) is 0 Å². The fraction of sp³-hybridized carbons (Fsp3) is 0.588. The van der Waals surface area contributed by atoms with E-state index in [-0.39, 0.29) is 12.1 Å². The summed E-state index contributed by atoms with van der Waals surface area (Å²) < 4.78 is 29.9. The molecule has 142 valence electrons. The van der Waals surface area contributed by atoms with Gasteiger partial charge in [-0.15, -0.1) is 0 Å². The van der Waals surface area contributed by atoms with Gasteiger partial charge in [0.25, 0.3) is 10.2 Å². The molecule has 0 aliphatic carbocycles. The van der Waals surface area contributed by atoms with E-state index < -0.39 is 10.2 Å². The van der Waals surface area contributed by atoms with E-state index in [0.717, 1.165) is 29.9 Å². The van der Waals surface area contributed by atoms with E-state index in [1.807, 2.05) is 23.7 Å². The summed E-state index contributed by atoms with van der Waals surface area (Å²) in [6.07, 6.45) is 3.28. The standard InChI is InChI=1S/C17H26N6O2S/c1-12(2)23-15(8-9-18-23)14-11-13(3)19-17(20-14)16-7-6-10-22(16)26(24,25)21(4)5/h8-9,11-12,16H,6-7,10H2,1-5H3/t16-/m1/s1. The minimum Gasteiger partial charge on any atom is -0.261 e. The molecule has 0 amide bonds. The van der Waals surface area contributed by atoms with Crippen molar-refractivity contribution in [3.8, 4) is 11.4 Å². The molecular formula is C17H26N6O2S. The molecule has 3 heterocycles. The summed E-state index contributed by atoms with van der Waals surface area (Å²) in [5, 5.41) is 4.37. The van der Waals surface area contributed by atoms with Gasteiger partial charge in [0.2, 0.25) is 0 Å². The first-order valence-electron chi connectivity index (χ1n) is 8.80. The first-order chi connectivity index (χ1) is 12.2. The van der Waals surface area contributed by atoms with E-state index in [4.69, 9.17) is 4.98 Å². The number of aryl methyl sites for hydroxylation is 1. The van der Waals surface area contributed by atoms with Crippen LogP contribution >= 0.6 is 0 Å². The van der Waals surface area contributed by atoms with Crippen molar-refractivity contribution in [2.75, 3.05) is 20.6 Å². The summed E-state index contributed by atoms with van der Waals surface area (Å²) in [4.78, 5) is 9.29. The van der Waals surface area contributed by atoms with Gasteiger partial charge in [0.1, 0.15) is 5.82 Å². The van der Waals surface area contributed by atoms with Crippen molar-refractivity contribution >= 4 is 10.2 Å². The van der Waals surface area contributed by atoms with Crippen molar-refractivity contribution in [3.63, 3.8) is 0 Å². The molecule has 2 aromatic rings. The van der Waals surface area contributed by atoms with Gasteiger partial charge in [-0.25, -0.2) is 9.97 Å². The highest BCUT2D eigenvalue weighted by Crippen LogP contribution is 2.34. The smallest absolute Gasteiger partial charge is 0.261 e. The Balaban J connectivity index is 2.04. The highest BCUT2D eigenvalue weighted by atomic mass is 32.2. The zero-order valence-electron chi connectivity index (χ0n) is 15.9. The second kappa shape index (κ2) is 7.05. The molecule has 1 aliphatic heterocycles. The van der Waals surface area contributed by atoms with E-state index in [9.17, 15) is 8.42 Å². The zero-order chi connectivity index (χ0) is 19.1. The van der Waals surface area contributed by atoms with Crippen LogP contribution in [0.3, 0.4) is 0 Å². The van der Waals surface area contributed by atoms with E-state index in [0.29, 0.717) is 12.4 Å². The summed E-state index contributed by atoms with van der Waals surface area (Å²) in [5.74, 6) is 0.555. The highest BCUT2D eigenvalue weighted by Gasteiger charge is 2.38. The normalized spacial score (nSPS) is 19.0. The average molecular weight is 379 g/mol. The van der Waals surface area contributed by atoms with Gasteiger partial charge in [0.05, 0.1) is 17.4 Å². The van der Waals surface area contributed by atoms with E-state index >= 15 is 0 Å². The number of aromatic nitrogens is 4. The van der Waals surface area contributed by atoms with Crippen molar-refractivity contribution < 1.29 is 8.42 Å². The van der Waals surface area contributed by atoms with Crippen LogP contribution in [0.15, 0.2) is 18.3 Å². The Morgan fingerprint density at radius 1 is 1.27 bits per heavy atom. The van der Waals surface area contributed by atoms with Crippen LogP contribution in [0.25, 0.3) is 11.4 Å². The number of hydrogen-bond donors (Lipinski definition) is 0. The molecule has 1 atom stereocenters. The quantitative estimate of drug-likeness (QED) is 0.796. The average Bonchev–Trinajstić information content (AvgIpc) is 3.23. The van der Waals surface area contributed by atoms with Crippen molar-refractivity contribution in [2.45, 2.75) is 45.7 Å².